The summed E-state index contributed by atoms with van der Waals surface area (Å²) in [5.41, 5.74) is 0.811. The largest absolute Gasteiger partial charge is 0.496 e. The zero-order chi connectivity index (χ0) is 14.5. The molecule has 0 aliphatic heterocycles. The van der Waals surface area contributed by atoms with Crippen LogP contribution in [0.5, 0.6) is 5.75 Å². The van der Waals surface area contributed by atoms with E-state index in [1.165, 1.54) is 35.2 Å². The Morgan fingerprint density at radius 1 is 1.40 bits per heavy atom. The molecule has 4 nitrogen and oxygen atoms in total. The molecule has 0 spiro atoms. The molecule has 1 aromatic carbocycles. The lowest BCUT2D eigenvalue weighted by Crippen LogP contribution is -2.08. The van der Waals surface area contributed by atoms with Gasteiger partial charge in [0.2, 0.25) is 5.13 Å². The van der Waals surface area contributed by atoms with Crippen LogP contribution in [0.3, 0.4) is 0 Å². The van der Waals surface area contributed by atoms with Gasteiger partial charge in [-0.25, -0.2) is 4.39 Å². The average molecular weight is 313 g/mol. The van der Waals surface area contributed by atoms with E-state index in [-0.39, 0.29) is 5.82 Å². The van der Waals surface area contributed by atoms with Crippen molar-refractivity contribution < 1.29 is 9.13 Å². The Labute approximate surface area is 125 Å². The van der Waals surface area contributed by atoms with Crippen molar-refractivity contribution >= 4 is 28.2 Å². The number of hydrogen-bond acceptors (Lipinski definition) is 6. The standard InChI is InChI=1S/C13H16FN3OS2/c1-8(2)15-12-16-17-13(20-12)19-7-9-6-10(14)4-5-11(9)18-3/h4-6,8H,7H2,1-3H3,(H,15,16). The molecular formula is C13H16FN3OS2. The number of rotatable bonds is 6. The lowest BCUT2D eigenvalue weighted by atomic mass is 10.2. The molecule has 0 fully saturated rings. The summed E-state index contributed by atoms with van der Waals surface area (Å²) < 4.78 is 19.3. The van der Waals surface area contributed by atoms with Gasteiger partial charge in [-0.2, -0.15) is 0 Å². The minimum atomic E-state index is -0.263. The molecule has 0 aliphatic rings. The van der Waals surface area contributed by atoms with Gasteiger partial charge in [-0.3, -0.25) is 0 Å². The molecule has 0 radical (unpaired) electrons. The van der Waals surface area contributed by atoms with Gasteiger partial charge in [-0.15, -0.1) is 10.2 Å². The van der Waals surface area contributed by atoms with Crippen LogP contribution in [-0.4, -0.2) is 23.3 Å². The number of nitrogens with zero attached hydrogens (tertiary/aromatic N) is 2. The van der Waals surface area contributed by atoms with Crippen molar-refractivity contribution in [2.75, 3.05) is 12.4 Å². The highest BCUT2D eigenvalue weighted by Gasteiger charge is 2.09. The summed E-state index contributed by atoms with van der Waals surface area (Å²) in [5, 5.41) is 12.2. The van der Waals surface area contributed by atoms with E-state index in [2.05, 4.69) is 15.5 Å². The molecule has 0 amide bonds. The van der Waals surface area contributed by atoms with Gasteiger partial charge in [0, 0.05) is 17.4 Å². The average Bonchev–Trinajstić information content (AvgIpc) is 2.83. The maximum absolute atomic E-state index is 13.3. The smallest absolute Gasteiger partial charge is 0.206 e. The van der Waals surface area contributed by atoms with Gasteiger partial charge >= 0.3 is 0 Å². The van der Waals surface area contributed by atoms with E-state index in [9.17, 15) is 4.39 Å². The van der Waals surface area contributed by atoms with Gasteiger partial charge in [-0.1, -0.05) is 23.1 Å². The zero-order valence-electron chi connectivity index (χ0n) is 11.5. The number of hydrogen-bond donors (Lipinski definition) is 1. The normalized spacial score (nSPS) is 10.8. The first-order valence-corrected chi connectivity index (χ1v) is 7.94. The summed E-state index contributed by atoms with van der Waals surface area (Å²) in [6.45, 7) is 4.09. The van der Waals surface area contributed by atoms with E-state index in [1.807, 2.05) is 13.8 Å². The molecule has 2 aromatic rings. The fraction of sp³-hybridized carbons (Fsp3) is 0.385. The first-order valence-electron chi connectivity index (χ1n) is 6.13. The van der Waals surface area contributed by atoms with Gasteiger partial charge in [0.15, 0.2) is 4.34 Å². The van der Waals surface area contributed by atoms with E-state index < -0.39 is 0 Å². The van der Waals surface area contributed by atoms with Crippen LogP contribution in [0.1, 0.15) is 19.4 Å². The topological polar surface area (TPSA) is 47.0 Å². The number of nitrogens with one attached hydrogen (secondary N) is 1. The molecule has 20 heavy (non-hydrogen) atoms. The van der Waals surface area contributed by atoms with Crippen molar-refractivity contribution in [3.8, 4) is 5.75 Å². The Kier molecular flexibility index (Phi) is 5.19. The minimum Gasteiger partial charge on any atom is -0.496 e. The maximum atomic E-state index is 13.3. The first-order chi connectivity index (χ1) is 9.58. The second-order valence-electron chi connectivity index (χ2n) is 4.42. The third-order valence-electron chi connectivity index (χ3n) is 2.41. The number of methoxy groups -OCH3 is 1. The number of anilines is 1. The SMILES string of the molecule is COc1ccc(F)cc1CSc1nnc(NC(C)C)s1. The van der Waals surface area contributed by atoms with E-state index in [4.69, 9.17) is 4.74 Å². The first kappa shape index (κ1) is 15.1. The lowest BCUT2D eigenvalue weighted by Gasteiger charge is -2.07. The molecule has 0 atom stereocenters. The third-order valence-corrected chi connectivity index (χ3v) is 4.45. The number of benzene rings is 1. The molecule has 0 aliphatic carbocycles. The molecule has 0 saturated carbocycles. The monoisotopic (exact) mass is 313 g/mol. The van der Waals surface area contributed by atoms with Crippen molar-refractivity contribution in [2.24, 2.45) is 0 Å². The molecule has 0 saturated heterocycles. The predicted molar refractivity (Wildman–Crippen MR) is 81.2 cm³/mol. The zero-order valence-corrected chi connectivity index (χ0v) is 13.1. The quantitative estimate of drug-likeness (QED) is 0.822. The van der Waals surface area contributed by atoms with Crippen molar-refractivity contribution in [2.45, 2.75) is 30.0 Å². The van der Waals surface area contributed by atoms with E-state index in [0.717, 1.165) is 15.0 Å². The number of aromatic nitrogens is 2. The highest BCUT2D eigenvalue weighted by atomic mass is 32.2. The third kappa shape index (κ3) is 4.08. The van der Waals surface area contributed by atoms with E-state index in [0.29, 0.717) is 17.5 Å². The molecule has 108 valence electrons. The van der Waals surface area contributed by atoms with Gasteiger partial charge in [-0.05, 0) is 32.0 Å². The summed E-state index contributed by atoms with van der Waals surface area (Å²) in [4.78, 5) is 0. The summed E-state index contributed by atoms with van der Waals surface area (Å²) in [6.07, 6.45) is 0. The highest BCUT2D eigenvalue weighted by molar-refractivity contribution is 8.00. The Balaban J connectivity index is 2.01. The van der Waals surface area contributed by atoms with Crippen molar-refractivity contribution in [3.05, 3.63) is 29.6 Å². The molecular weight excluding hydrogens is 297 g/mol. The van der Waals surface area contributed by atoms with Gasteiger partial charge in [0.1, 0.15) is 11.6 Å². The molecule has 1 heterocycles. The van der Waals surface area contributed by atoms with Crippen molar-refractivity contribution in [3.63, 3.8) is 0 Å². The van der Waals surface area contributed by atoms with Crippen LogP contribution in [0, 0.1) is 5.82 Å². The Morgan fingerprint density at radius 2 is 2.20 bits per heavy atom. The van der Waals surface area contributed by atoms with Crippen LogP contribution in [0.2, 0.25) is 0 Å². The highest BCUT2D eigenvalue weighted by Crippen LogP contribution is 2.31. The summed E-state index contributed by atoms with van der Waals surface area (Å²) in [5.74, 6) is 1.02. The molecule has 1 N–H and O–H groups in total. The predicted octanol–water partition coefficient (Wildman–Crippen LogP) is 3.80. The van der Waals surface area contributed by atoms with Crippen LogP contribution in [0.15, 0.2) is 22.5 Å². The Morgan fingerprint density at radius 3 is 2.90 bits per heavy atom. The fourth-order valence-corrected chi connectivity index (χ4v) is 3.45. The second kappa shape index (κ2) is 6.90. The second-order valence-corrected chi connectivity index (χ2v) is 6.62. The lowest BCUT2D eigenvalue weighted by molar-refractivity contribution is 0.410. The van der Waals surface area contributed by atoms with Crippen LogP contribution in [0.4, 0.5) is 9.52 Å². The van der Waals surface area contributed by atoms with Gasteiger partial charge in [0.05, 0.1) is 7.11 Å². The molecule has 0 unspecified atom stereocenters. The van der Waals surface area contributed by atoms with Crippen LogP contribution in [-0.2, 0) is 5.75 Å². The fourth-order valence-electron chi connectivity index (χ4n) is 1.57. The molecule has 1 aromatic heterocycles. The van der Waals surface area contributed by atoms with E-state index in [1.54, 1.807) is 13.2 Å². The summed E-state index contributed by atoms with van der Waals surface area (Å²) >= 11 is 3.01. The Bertz CT molecular complexity index is 574. The van der Waals surface area contributed by atoms with Crippen LogP contribution < -0.4 is 10.1 Å². The van der Waals surface area contributed by atoms with Crippen molar-refractivity contribution in [1.29, 1.82) is 0 Å². The summed E-state index contributed by atoms with van der Waals surface area (Å²) in [7, 11) is 1.58. The van der Waals surface area contributed by atoms with Crippen molar-refractivity contribution in [1.82, 2.24) is 10.2 Å². The molecule has 2 rings (SSSR count). The maximum Gasteiger partial charge on any atom is 0.206 e. The minimum absolute atomic E-state index is 0.263. The van der Waals surface area contributed by atoms with Crippen LogP contribution in [0.25, 0.3) is 0 Å². The molecule has 7 heteroatoms. The van der Waals surface area contributed by atoms with Gasteiger partial charge in [0.25, 0.3) is 0 Å². The van der Waals surface area contributed by atoms with Gasteiger partial charge < -0.3 is 10.1 Å². The number of halogens is 1. The number of thioether (sulfide) groups is 1. The molecule has 0 bridgehead atoms. The van der Waals surface area contributed by atoms with Crippen LogP contribution >= 0.6 is 23.1 Å². The number of ether oxygens (including phenoxy) is 1. The summed E-state index contributed by atoms with van der Waals surface area (Å²) in [6, 6.07) is 4.84. The van der Waals surface area contributed by atoms with E-state index >= 15 is 0 Å². The Hall–Kier alpha value is -1.34.